The molecule has 0 atom stereocenters. The average Bonchev–Trinajstić information content (AvgIpc) is 2.96. The first-order chi connectivity index (χ1) is 11.0. The van der Waals surface area contributed by atoms with E-state index in [9.17, 15) is 8.42 Å². The van der Waals surface area contributed by atoms with Gasteiger partial charge in [0.2, 0.25) is 0 Å². The Morgan fingerprint density at radius 3 is 2.35 bits per heavy atom. The fraction of sp³-hybridized carbons (Fsp3) is 0.118. The van der Waals surface area contributed by atoms with Crippen molar-refractivity contribution in [3.63, 3.8) is 0 Å². The minimum Gasteiger partial charge on any atom is -0.360 e. The van der Waals surface area contributed by atoms with Crippen molar-refractivity contribution in [3.05, 3.63) is 77.0 Å². The van der Waals surface area contributed by atoms with Crippen molar-refractivity contribution in [2.24, 2.45) is 0 Å². The Bertz CT molecular complexity index is 887. The van der Waals surface area contributed by atoms with Gasteiger partial charge in [-0.15, -0.1) is 0 Å². The molecule has 2 aromatic carbocycles. The first-order valence-electron chi connectivity index (χ1n) is 6.98. The summed E-state index contributed by atoms with van der Waals surface area (Å²) in [4.78, 5) is 0. The predicted octanol–water partition coefficient (Wildman–Crippen LogP) is 4.11. The van der Waals surface area contributed by atoms with Crippen LogP contribution in [0, 0.1) is 0 Å². The second kappa shape index (κ2) is 6.56. The number of nitrogens with zero attached hydrogens (tertiary/aromatic N) is 1. The zero-order valence-electron chi connectivity index (χ0n) is 12.1. The van der Waals surface area contributed by atoms with Crippen molar-refractivity contribution in [3.8, 4) is 11.3 Å². The van der Waals surface area contributed by atoms with Crippen LogP contribution in [0.25, 0.3) is 11.3 Å². The van der Waals surface area contributed by atoms with Crippen molar-refractivity contribution >= 4 is 21.4 Å². The molecule has 118 valence electrons. The molecule has 0 unspecified atom stereocenters. The van der Waals surface area contributed by atoms with Crippen LogP contribution in [0.1, 0.15) is 11.3 Å². The van der Waals surface area contributed by atoms with Gasteiger partial charge in [-0.2, -0.15) is 0 Å². The molecule has 0 N–H and O–H groups in total. The van der Waals surface area contributed by atoms with E-state index in [0.717, 1.165) is 11.1 Å². The lowest BCUT2D eigenvalue weighted by molar-refractivity contribution is 0.395. The van der Waals surface area contributed by atoms with Gasteiger partial charge in [0.05, 0.1) is 5.75 Å². The molecule has 0 radical (unpaired) electrons. The van der Waals surface area contributed by atoms with E-state index in [1.165, 1.54) is 0 Å². The maximum absolute atomic E-state index is 12.3. The standard InChI is InChI=1S/C17H14ClNO3S/c18-15-8-6-14(7-9-15)17-10-16(22-19-17)12-23(20,21)11-13-4-2-1-3-5-13/h1-10H,11-12H2. The van der Waals surface area contributed by atoms with Crippen molar-refractivity contribution in [1.82, 2.24) is 5.16 Å². The molecule has 3 rings (SSSR count). The third-order valence-corrected chi connectivity index (χ3v) is 5.04. The van der Waals surface area contributed by atoms with E-state index in [1.807, 2.05) is 30.3 Å². The van der Waals surface area contributed by atoms with Gasteiger partial charge in [-0.05, 0) is 17.7 Å². The number of hydrogen-bond donors (Lipinski definition) is 0. The molecule has 6 heteroatoms. The largest absolute Gasteiger partial charge is 0.360 e. The van der Waals surface area contributed by atoms with Gasteiger partial charge in [0, 0.05) is 16.7 Å². The monoisotopic (exact) mass is 347 g/mol. The summed E-state index contributed by atoms with van der Waals surface area (Å²) in [5.74, 6) is 0.124. The minimum atomic E-state index is -3.32. The summed E-state index contributed by atoms with van der Waals surface area (Å²) in [5.41, 5.74) is 2.17. The highest BCUT2D eigenvalue weighted by atomic mass is 35.5. The molecule has 0 aliphatic rings. The minimum absolute atomic E-state index is 0.0230. The molecule has 3 aromatic rings. The number of aromatic nitrogens is 1. The van der Waals surface area contributed by atoms with Gasteiger partial charge < -0.3 is 4.52 Å². The summed E-state index contributed by atoms with van der Waals surface area (Å²) in [6.07, 6.45) is 0. The predicted molar refractivity (Wildman–Crippen MR) is 89.7 cm³/mol. The Balaban J connectivity index is 1.74. The van der Waals surface area contributed by atoms with Crippen LogP contribution in [0.2, 0.25) is 5.02 Å². The van der Waals surface area contributed by atoms with Gasteiger partial charge in [0.1, 0.15) is 11.4 Å². The van der Waals surface area contributed by atoms with Crippen LogP contribution in [0.4, 0.5) is 0 Å². The third kappa shape index (κ3) is 4.21. The smallest absolute Gasteiger partial charge is 0.161 e. The molecule has 23 heavy (non-hydrogen) atoms. The summed E-state index contributed by atoms with van der Waals surface area (Å²) in [6.45, 7) is 0. The third-order valence-electron chi connectivity index (χ3n) is 3.29. The highest BCUT2D eigenvalue weighted by Gasteiger charge is 2.17. The molecular formula is C17H14ClNO3S. The fourth-order valence-electron chi connectivity index (χ4n) is 2.23. The van der Waals surface area contributed by atoms with E-state index in [0.29, 0.717) is 16.5 Å². The molecule has 0 spiro atoms. The molecule has 1 aromatic heterocycles. The first-order valence-corrected chi connectivity index (χ1v) is 9.18. The van der Waals surface area contributed by atoms with Crippen molar-refractivity contribution in [2.45, 2.75) is 11.5 Å². The highest BCUT2D eigenvalue weighted by Crippen LogP contribution is 2.22. The van der Waals surface area contributed by atoms with Crippen LogP contribution in [-0.4, -0.2) is 13.6 Å². The fourth-order valence-corrected chi connectivity index (χ4v) is 3.73. The molecule has 0 aliphatic carbocycles. The average molecular weight is 348 g/mol. The molecule has 4 nitrogen and oxygen atoms in total. The zero-order chi connectivity index (χ0) is 16.3. The first kappa shape index (κ1) is 15.8. The van der Waals surface area contributed by atoms with E-state index in [2.05, 4.69) is 5.16 Å². The Kier molecular flexibility index (Phi) is 4.50. The number of rotatable bonds is 5. The Hall–Kier alpha value is -2.11. The summed E-state index contributed by atoms with van der Waals surface area (Å²) in [6, 6.07) is 17.8. The Labute approximate surface area is 139 Å². The molecule has 0 fully saturated rings. The Morgan fingerprint density at radius 2 is 1.65 bits per heavy atom. The SMILES string of the molecule is O=S(=O)(Cc1ccccc1)Cc1cc(-c2ccc(Cl)cc2)no1. The van der Waals surface area contributed by atoms with Crippen LogP contribution in [0.15, 0.2) is 65.2 Å². The van der Waals surface area contributed by atoms with Gasteiger partial charge in [-0.3, -0.25) is 0 Å². The summed E-state index contributed by atoms with van der Waals surface area (Å²) in [7, 11) is -3.32. The second-order valence-corrected chi connectivity index (χ2v) is 7.70. The summed E-state index contributed by atoms with van der Waals surface area (Å²) >= 11 is 5.85. The normalized spacial score (nSPS) is 11.5. The maximum atomic E-state index is 12.3. The van der Waals surface area contributed by atoms with Crippen molar-refractivity contribution in [2.75, 3.05) is 0 Å². The highest BCUT2D eigenvalue weighted by molar-refractivity contribution is 7.89. The lowest BCUT2D eigenvalue weighted by Crippen LogP contribution is -2.06. The van der Waals surface area contributed by atoms with E-state index in [-0.39, 0.29) is 11.5 Å². The molecule has 0 saturated heterocycles. The van der Waals surface area contributed by atoms with Gasteiger partial charge in [-0.25, -0.2) is 8.42 Å². The van der Waals surface area contributed by atoms with Crippen LogP contribution < -0.4 is 0 Å². The van der Waals surface area contributed by atoms with E-state index in [4.69, 9.17) is 16.1 Å². The van der Waals surface area contributed by atoms with Gasteiger partial charge in [0.25, 0.3) is 0 Å². The van der Waals surface area contributed by atoms with Crippen LogP contribution in [-0.2, 0) is 21.3 Å². The molecule has 1 heterocycles. The Morgan fingerprint density at radius 1 is 0.957 bits per heavy atom. The van der Waals surface area contributed by atoms with Crippen LogP contribution in [0.5, 0.6) is 0 Å². The molecule has 0 amide bonds. The van der Waals surface area contributed by atoms with Crippen LogP contribution >= 0.6 is 11.6 Å². The lowest BCUT2D eigenvalue weighted by atomic mass is 10.1. The number of sulfone groups is 1. The molecule has 0 saturated carbocycles. The topological polar surface area (TPSA) is 60.2 Å². The molecule has 0 aliphatic heterocycles. The van der Waals surface area contributed by atoms with Crippen LogP contribution in [0.3, 0.4) is 0 Å². The van der Waals surface area contributed by atoms with Gasteiger partial charge in [0.15, 0.2) is 15.6 Å². The second-order valence-electron chi connectivity index (χ2n) is 5.20. The van der Waals surface area contributed by atoms with E-state index < -0.39 is 9.84 Å². The zero-order valence-corrected chi connectivity index (χ0v) is 13.7. The summed E-state index contributed by atoms with van der Waals surface area (Å²) < 4.78 is 29.7. The number of halogens is 1. The number of benzene rings is 2. The van der Waals surface area contributed by atoms with E-state index in [1.54, 1.807) is 30.3 Å². The quantitative estimate of drug-likeness (QED) is 0.696. The lowest BCUT2D eigenvalue weighted by Gasteiger charge is -2.01. The van der Waals surface area contributed by atoms with Gasteiger partial charge >= 0.3 is 0 Å². The van der Waals surface area contributed by atoms with Crippen molar-refractivity contribution in [1.29, 1.82) is 0 Å². The van der Waals surface area contributed by atoms with Crippen molar-refractivity contribution < 1.29 is 12.9 Å². The maximum Gasteiger partial charge on any atom is 0.161 e. The number of hydrogen-bond acceptors (Lipinski definition) is 4. The van der Waals surface area contributed by atoms with E-state index >= 15 is 0 Å². The molecular weight excluding hydrogens is 334 g/mol. The summed E-state index contributed by atoms with van der Waals surface area (Å²) in [5, 5.41) is 4.55. The molecule has 0 bridgehead atoms. The van der Waals surface area contributed by atoms with Gasteiger partial charge in [-0.1, -0.05) is 59.2 Å².